The van der Waals surface area contributed by atoms with Gasteiger partial charge in [0.2, 0.25) is 5.91 Å². The van der Waals surface area contributed by atoms with Crippen molar-refractivity contribution in [2.24, 2.45) is 0 Å². The number of hydrogen-bond donors (Lipinski definition) is 1. The average Bonchev–Trinajstić information content (AvgIpc) is 3.03. The Kier molecular flexibility index (Phi) is 4.56. The van der Waals surface area contributed by atoms with E-state index in [0.29, 0.717) is 11.6 Å². The zero-order chi connectivity index (χ0) is 15.2. The molecule has 0 fully saturated rings. The molecule has 2 aromatic heterocycles. The van der Waals surface area contributed by atoms with Crippen LogP contribution in [0.25, 0.3) is 11.3 Å². The van der Waals surface area contributed by atoms with Crippen LogP contribution in [0.3, 0.4) is 0 Å². The molecule has 4 nitrogen and oxygen atoms in total. The lowest BCUT2D eigenvalue weighted by Crippen LogP contribution is -2.12. The predicted molar refractivity (Wildman–Crippen MR) is 88.7 cm³/mol. The molecule has 3 rings (SSSR count). The van der Waals surface area contributed by atoms with E-state index in [1.807, 2.05) is 47.8 Å². The molecule has 1 amide bonds. The second-order valence-electron chi connectivity index (χ2n) is 4.81. The molecule has 0 aliphatic carbocycles. The Morgan fingerprint density at radius 1 is 1.14 bits per heavy atom. The molecular formula is C17H15N3OS. The van der Waals surface area contributed by atoms with Crippen LogP contribution in [-0.2, 0) is 11.2 Å². The van der Waals surface area contributed by atoms with Gasteiger partial charge in [-0.2, -0.15) is 0 Å². The van der Waals surface area contributed by atoms with Gasteiger partial charge in [-0.1, -0.05) is 30.3 Å². The zero-order valence-electron chi connectivity index (χ0n) is 11.9. The number of rotatable bonds is 5. The SMILES string of the molecule is O=C(CCc1ccccc1)Nc1nc(-c2cccnc2)cs1. The molecule has 0 aliphatic heterocycles. The number of thiazole rings is 1. The summed E-state index contributed by atoms with van der Waals surface area (Å²) in [4.78, 5) is 20.5. The summed E-state index contributed by atoms with van der Waals surface area (Å²) in [6.07, 6.45) is 4.66. The van der Waals surface area contributed by atoms with Gasteiger partial charge in [-0.15, -0.1) is 11.3 Å². The summed E-state index contributed by atoms with van der Waals surface area (Å²) in [6.45, 7) is 0. The normalized spacial score (nSPS) is 10.4. The minimum Gasteiger partial charge on any atom is -0.302 e. The lowest BCUT2D eigenvalue weighted by Gasteiger charge is -2.02. The number of pyridine rings is 1. The van der Waals surface area contributed by atoms with Crippen LogP contribution in [0.4, 0.5) is 5.13 Å². The molecule has 0 saturated heterocycles. The highest BCUT2D eigenvalue weighted by molar-refractivity contribution is 7.14. The molecule has 0 aliphatic rings. The fourth-order valence-corrected chi connectivity index (χ4v) is 2.80. The van der Waals surface area contributed by atoms with Crippen LogP contribution in [0, 0.1) is 0 Å². The van der Waals surface area contributed by atoms with Crippen LogP contribution in [0.15, 0.2) is 60.2 Å². The van der Waals surface area contributed by atoms with Crippen LogP contribution >= 0.6 is 11.3 Å². The Morgan fingerprint density at radius 2 is 2.00 bits per heavy atom. The van der Waals surface area contributed by atoms with E-state index in [4.69, 9.17) is 0 Å². The van der Waals surface area contributed by atoms with E-state index in [-0.39, 0.29) is 5.91 Å². The molecule has 0 atom stereocenters. The largest absolute Gasteiger partial charge is 0.302 e. The molecule has 0 unspecified atom stereocenters. The first-order valence-electron chi connectivity index (χ1n) is 7.01. The van der Waals surface area contributed by atoms with Gasteiger partial charge in [-0.3, -0.25) is 9.78 Å². The number of hydrogen-bond acceptors (Lipinski definition) is 4. The van der Waals surface area contributed by atoms with Crippen molar-refractivity contribution >= 4 is 22.4 Å². The highest BCUT2D eigenvalue weighted by Gasteiger charge is 2.08. The monoisotopic (exact) mass is 309 g/mol. The summed E-state index contributed by atoms with van der Waals surface area (Å²) in [5.74, 6) is -0.0176. The first kappa shape index (κ1) is 14.4. The van der Waals surface area contributed by atoms with E-state index in [9.17, 15) is 4.79 Å². The Hall–Kier alpha value is -2.53. The van der Waals surface area contributed by atoms with Gasteiger partial charge in [0, 0.05) is 29.8 Å². The third-order valence-corrected chi connectivity index (χ3v) is 3.95. The Balaban J connectivity index is 1.57. The smallest absolute Gasteiger partial charge is 0.226 e. The maximum absolute atomic E-state index is 12.0. The Morgan fingerprint density at radius 3 is 2.77 bits per heavy atom. The zero-order valence-corrected chi connectivity index (χ0v) is 12.7. The Bertz CT molecular complexity index is 741. The fourth-order valence-electron chi connectivity index (χ4n) is 2.06. The minimum absolute atomic E-state index is 0.0176. The van der Waals surface area contributed by atoms with Gasteiger partial charge in [-0.05, 0) is 24.1 Å². The number of carbonyl (C=O) groups is 1. The molecular weight excluding hydrogens is 294 g/mol. The first-order chi connectivity index (χ1) is 10.8. The summed E-state index contributed by atoms with van der Waals surface area (Å²) in [7, 11) is 0. The van der Waals surface area contributed by atoms with E-state index in [1.165, 1.54) is 11.3 Å². The van der Waals surface area contributed by atoms with Crippen LogP contribution in [0.5, 0.6) is 0 Å². The van der Waals surface area contributed by atoms with E-state index < -0.39 is 0 Å². The number of anilines is 1. The molecule has 22 heavy (non-hydrogen) atoms. The molecule has 5 heteroatoms. The van der Waals surface area contributed by atoms with Crippen LogP contribution in [0.2, 0.25) is 0 Å². The molecule has 0 radical (unpaired) electrons. The molecule has 0 spiro atoms. The van der Waals surface area contributed by atoms with E-state index in [0.717, 1.165) is 23.2 Å². The number of benzene rings is 1. The van der Waals surface area contributed by atoms with Crippen molar-refractivity contribution in [3.05, 3.63) is 65.8 Å². The van der Waals surface area contributed by atoms with E-state index in [2.05, 4.69) is 15.3 Å². The minimum atomic E-state index is -0.0176. The average molecular weight is 309 g/mol. The van der Waals surface area contributed by atoms with E-state index >= 15 is 0 Å². The summed E-state index contributed by atoms with van der Waals surface area (Å²) in [6, 6.07) is 13.8. The molecule has 3 aromatic rings. The Labute approximate surface area is 132 Å². The summed E-state index contributed by atoms with van der Waals surface area (Å²) < 4.78 is 0. The third kappa shape index (κ3) is 3.77. The molecule has 110 valence electrons. The number of aryl methyl sites for hydroxylation is 1. The van der Waals surface area contributed by atoms with Crippen molar-refractivity contribution in [3.8, 4) is 11.3 Å². The standard InChI is InChI=1S/C17H15N3OS/c21-16(9-8-13-5-2-1-3-6-13)20-17-19-15(12-22-17)14-7-4-10-18-11-14/h1-7,10-12H,8-9H2,(H,19,20,21). The van der Waals surface area contributed by atoms with Crippen LogP contribution in [0.1, 0.15) is 12.0 Å². The third-order valence-electron chi connectivity index (χ3n) is 3.19. The molecule has 0 saturated carbocycles. The number of amides is 1. The summed E-state index contributed by atoms with van der Waals surface area (Å²) in [5.41, 5.74) is 2.94. The van der Waals surface area contributed by atoms with Crippen molar-refractivity contribution in [2.75, 3.05) is 5.32 Å². The number of nitrogens with zero attached hydrogens (tertiary/aromatic N) is 2. The van der Waals surface area contributed by atoms with Gasteiger partial charge in [0.15, 0.2) is 5.13 Å². The highest BCUT2D eigenvalue weighted by Crippen LogP contribution is 2.24. The molecule has 1 aromatic carbocycles. The van der Waals surface area contributed by atoms with Crippen molar-refractivity contribution in [2.45, 2.75) is 12.8 Å². The number of aromatic nitrogens is 2. The summed E-state index contributed by atoms with van der Waals surface area (Å²) in [5, 5.41) is 5.39. The van der Waals surface area contributed by atoms with Crippen molar-refractivity contribution in [1.29, 1.82) is 0 Å². The second kappa shape index (κ2) is 6.95. The van der Waals surface area contributed by atoms with Gasteiger partial charge in [-0.25, -0.2) is 4.98 Å². The van der Waals surface area contributed by atoms with Gasteiger partial charge in [0.25, 0.3) is 0 Å². The number of nitrogens with one attached hydrogen (secondary N) is 1. The van der Waals surface area contributed by atoms with Crippen molar-refractivity contribution < 1.29 is 4.79 Å². The fraction of sp³-hybridized carbons (Fsp3) is 0.118. The molecule has 1 N–H and O–H groups in total. The predicted octanol–water partition coefficient (Wildman–Crippen LogP) is 3.78. The second-order valence-corrected chi connectivity index (χ2v) is 5.67. The maximum Gasteiger partial charge on any atom is 0.226 e. The quantitative estimate of drug-likeness (QED) is 0.780. The van der Waals surface area contributed by atoms with Crippen molar-refractivity contribution in [3.63, 3.8) is 0 Å². The molecule has 0 bridgehead atoms. The van der Waals surface area contributed by atoms with Gasteiger partial charge in [0.1, 0.15) is 0 Å². The van der Waals surface area contributed by atoms with Gasteiger partial charge < -0.3 is 5.32 Å². The van der Waals surface area contributed by atoms with Gasteiger partial charge in [0.05, 0.1) is 5.69 Å². The highest BCUT2D eigenvalue weighted by atomic mass is 32.1. The summed E-state index contributed by atoms with van der Waals surface area (Å²) >= 11 is 1.42. The van der Waals surface area contributed by atoms with E-state index in [1.54, 1.807) is 12.4 Å². The topological polar surface area (TPSA) is 54.9 Å². The van der Waals surface area contributed by atoms with Crippen molar-refractivity contribution in [1.82, 2.24) is 9.97 Å². The van der Waals surface area contributed by atoms with Crippen LogP contribution in [-0.4, -0.2) is 15.9 Å². The maximum atomic E-state index is 12.0. The lowest BCUT2D eigenvalue weighted by atomic mass is 10.1. The molecule has 2 heterocycles. The van der Waals surface area contributed by atoms with Gasteiger partial charge >= 0.3 is 0 Å². The lowest BCUT2D eigenvalue weighted by molar-refractivity contribution is -0.116. The number of carbonyl (C=O) groups excluding carboxylic acids is 1. The van der Waals surface area contributed by atoms with Crippen LogP contribution < -0.4 is 5.32 Å². The first-order valence-corrected chi connectivity index (χ1v) is 7.89.